The molecule has 1 amide bonds. The van der Waals surface area contributed by atoms with E-state index in [2.05, 4.69) is 26.7 Å². The average Bonchev–Trinajstić information content (AvgIpc) is 3.31. The highest BCUT2D eigenvalue weighted by Crippen LogP contribution is 2.35. The molecule has 11 nitrogen and oxygen atoms in total. The summed E-state index contributed by atoms with van der Waals surface area (Å²) in [5.41, 5.74) is 1.47. The van der Waals surface area contributed by atoms with Crippen molar-refractivity contribution in [1.82, 2.24) is 19.8 Å². The van der Waals surface area contributed by atoms with Crippen LogP contribution in [0.5, 0.6) is 5.75 Å². The minimum absolute atomic E-state index is 0.0509. The predicted octanol–water partition coefficient (Wildman–Crippen LogP) is 2.37. The third kappa shape index (κ3) is 5.72. The van der Waals surface area contributed by atoms with Gasteiger partial charge >= 0.3 is 5.97 Å². The van der Waals surface area contributed by atoms with Gasteiger partial charge in [0.25, 0.3) is 0 Å². The molecular weight excluding hydrogens is 462 g/mol. The Morgan fingerprint density at radius 2 is 2.03 bits per heavy atom. The molecule has 11 heteroatoms. The van der Waals surface area contributed by atoms with Crippen LogP contribution in [0.1, 0.15) is 31.9 Å². The molecule has 4 rings (SSSR count). The van der Waals surface area contributed by atoms with Crippen molar-refractivity contribution >= 4 is 29.1 Å². The van der Waals surface area contributed by atoms with Crippen molar-refractivity contribution in [1.29, 1.82) is 5.26 Å². The molecule has 36 heavy (non-hydrogen) atoms. The number of carboxylic acids is 1. The van der Waals surface area contributed by atoms with Gasteiger partial charge in [-0.15, -0.1) is 0 Å². The number of piperazine rings is 1. The molecule has 188 valence electrons. The maximum Gasteiger partial charge on any atom is 0.320 e. The summed E-state index contributed by atoms with van der Waals surface area (Å²) < 4.78 is 5.77. The molecule has 0 bridgehead atoms. The standard InChI is InChI=1S/C25H29N7O4/c1-2-20(24(34)35)31-12-14-32(15-13-31)22(33)8-5-10-27-25-28-11-9-18(30-25)17(16-26)23-29-19-6-3-4-7-21(19)36-23/h3-4,6-7,9,11,20,29H,2,5,8,10,12-15H2,1H3,(H,34,35)(H,27,28,30). The molecule has 3 N–H and O–H groups in total. The summed E-state index contributed by atoms with van der Waals surface area (Å²) in [7, 11) is 0. The van der Waals surface area contributed by atoms with E-state index in [-0.39, 0.29) is 11.5 Å². The molecule has 1 atom stereocenters. The Morgan fingerprint density at radius 3 is 2.72 bits per heavy atom. The fourth-order valence-corrected chi connectivity index (χ4v) is 4.31. The summed E-state index contributed by atoms with van der Waals surface area (Å²) >= 11 is 0. The summed E-state index contributed by atoms with van der Waals surface area (Å²) in [6, 6.07) is 10.7. The Bertz CT molecular complexity index is 1160. The fourth-order valence-electron chi connectivity index (χ4n) is 4.31. The Labute approximate surface area is 209 Å². The molecule has 0 radical (unpaired) electrons. The molecule has 1 aromatic carbocycles. The number of nitrogens with zero attached hydrogens (tertiary/aromatic N) is 5. The Balaban J connectivity index is 1.26. The maximum atomic E-state index is 12.6. The average molecular weight is 492 g/mol. The van der Waals surface area contributed by atoms with Gasteiger partial charge in [0, 0.05) is 45.3 Å². The number of carbonyl (C=O) groups is 2. The maximum absolute atomic E-state index is 12.6. The van der Waals surface area contributed by atoms with Crippen molar-refractivity contribution in [3.63, 3.8) is 0 Å². The number of hydrogen-bond donors (Lipinski definition) is 3. The smallest absolute Gasteiger partial charge is 0.320 e. The number of fused-ring (bicyclic) bond motifs is 1. The second-order valence-electron chi connectivity index (χ2n) is 8.51. The number of benzene rings is 1. The van der Waals surface area contributed by atoms with Crippen LogP contribution in [0.4, 0.5) is 11.6 Å². The summed E-state index contributed by atoms with van der Waals surface area (Å²) in [6.45, 7) is 4.55. The van der Waals surface area contributed by atoms with E-state index in [0.717, 1.165) is 5.69 Å². The monoisotopic (exact) mass is 491 g/mol. The van der Waals surface area contributed by atoms with E-state index in [1.54, 1.807) is 17.2 Å². The summed E-state index contributed by atoms with van der Waals surface area (Å²) in [6.07, 6.45) is 3.07. The topological polar surface area (TPSA) is 144 Å². The Hall–Kier alpha value is -4.17. The number of carbonyl (C=O) groups excluding carboxylic acids is 1. The van der Waals surface area contributed by atoms with Gasteiger partial charge < -0.3 is 25.4 Å². The summed E-state index contributed by atoms with van der Waals surface area (Å²) in [5.74, 6) is 0.560. The molecule has 2 aliphatic rings. The Kier molecular flexibility index (Phi) is 7.97. The van der Waals surface area contributed by atoms with E-state index in [9.17, 15) is 20.0 Å². The number of allylic oxidation sites excluding steroid dienone is 1. The highest BCUT2D eigenvalue weighted by molar-refractivity contribution is 5.82. The van der Waals surface area contributed by atoms with Crippen LogP contribution in [-0.4, -0.2) is 75.5 Å². The molecule has 0 spiro atoms. The first-order valence-electron chi connectivity index (χ1n) is 12.0. The molecule has 1 aromatic heterocycles. The van der Waals surface area contributed by atoms with Crippen LogP contribution in [0.15, 0.2) is 42.4 Å². The van der Waals surface area contributed by atoms with E-state index in [4.69, 9.17) is 4.74 Å². The lowest BCUT2D eigenvalue weighted by Crippen LogP contribution is -2.53. The number of nitrogens with one attached hydrogen (secondary N) is 2. The number of nitriles is 1. The summed E-state index contributed by atoms with van der Waals surface area (Å²) in [4.78, 5) is 36.3. The van der Waals surface area contributed by atoms with Crippen LogP contribution in [-0.2, 0) is 9.59 Å². The van der Waals surface area contributed by atoms with Crippen LogP contribution in [0, 0.1) is 11.3 Å². The number of rotatable bonds is 9. The van der Waals surface area contributed by atoms with Gasteiger partial charge in [-0.3, -0.25) is 14.5 Å². The van der Waals surface area contributed by atoms with Crippen molar-refractivity contribution < 1.29 is 19.4 Å². The minimum Gasteiger partial charge on any atom is -0.480 e. The molecule has 0 saturated carbocycles. The van der Waals surface area contributed by atoms with Crippen LogP contribution in [0.25, 0.3) is 5.57 Å². The van der Waals surface area contributed by atoms with Crippen LogP contribution in [0.3, 0.4) is 0 Å². The van der Waals surface area contributed by atoms with E-state index in [1.165, 1.54) is 0 Å². The van der Waals surface area contributed by atoms with Gasteiger partial charge in [-0.1, -0.05) is 19.1 Å². The lowest BCUT2D eigenvalue weighted by atomic mass is 10.1. The molecule has 2 aromatic rings. The number of para-hydroxylation sites is 2. The van der Waals surface area contributed by atoms with Crippen molar-refractivity contribution in [3.8, 4) is 11.8 Å². The number of aliphatic carboxylic acids is 1. The SMILES string of the molecule is CCC(C(=O)O)N1CCN(C(=O)CCCNc2nccc(C(C#N)=C3Nc4ccccc4O3)n2)CC1. The zero-order valence-electron chi connectivity index (χ0n) is 20.1. The number of amides is 1. The lowest BCUT2D eigenvalue weighted by Gasteiger charge is -2.37. The third-order valence-electron chi connectivity index (χ3n) is 6.23. The number of carboxylic acid groups (broad SMARTS) is 1. The molecule has 2 aliphatic heterocycles. The zero-order valence-corrected chi connectivity index (χ0v) is 20.1. The van der Waals surface area contributed by atoms with Crippen molar-refractivity contribution in [2.75, 3.05) is 43.4 Å². The number of hydrogen-bond acceptors (Lipinski definition) is 9. The van der Waals surface area contributed by atoms with Gasteiger partial charge in [-0.25, -0.2) is 9.97 Å². The molecule has 1 unspecified atom stereocenters. The third-order valence-corrected chi connectivity index (χ3v) is 6.23. The van der Waals surface area contributed by atoms with Gasteiger partial charge in [0.15, 0.2) is 5.75 Å². The lowest BCUT2D eigenvalue weighted by molar-refractivity contribution is -0.144. The highest BCUT2D eigenvalue weighted by atomic mass is 16.5. The second-order valence-corrected chi connectivity index (χ2v) is 8.51. The van der Waals surface area contributed by atoms with Crippen molar-refractivity contribution in [2.24, 2.45) is 0 Å². The van der Waals surface area contributed by atoms with Crippen molar-refractivity contribution in [2.45, 2.75) is 32.2 Å². The highest BCUT2D eigenvalue weighted by Gasteiger charge is 2.28. The minimum atomic E-state index is -0.815. The molecule has 1 saturated heterocycles. The molecule has 1 fully saturated rings. The van der Waals surface area contributed by atoms with E-state index in [1.807, 2.05) is 36.1 Å². The number of anilines is 2. The van der Waals surface area contributed by atoms with E-state index in [0.29, 0.717) is 75.3 Å². The van der Waals surface area contributed by atoms with Gasteiger partial charge in [-0.05, 0) is 31.0 Å². The second kappa shape index (κ2) is 11.5. The first kappa shape index (κ1) is 24.9. The van der Waals surface area contributed by atoms with Gasteiger partial charge in [-0.2, -0.15) is 5.26 Å². The van der Waals surface area contributed by atoms with E-state index >= 15 is 0 Å². The quantitative estimate of drug-likeness (QED) is 0.353. The van der Waals surface area contributed by atoms with Crippen LogP contribution < -0.4 is 15.4 Å². The first-order chi connectivity index (χ1) is 17.5. The molecule has 3 heterocycles. The number of aromatic nitrogens is 2. The predicted molar refractivity (Wildman–Crippen MR) is 133 cm³/mol. The Morgan fingerprint density at radius 1 is 1.25 bits per heavy atom. The van der Waals surface area contributed by atoms with Gasteiger partial charge in [0.1, 0.15) is 17.7 Å². The van der Waals surface area contributed by atoms with Crippen LogP contribution >= 0.6 is 0 Å². The number of ether oxygens (including phenoxy) is 1. The molecule has 0 aliphatic carbocycles. The van der Waals surface area contributed by atoms with Gasteiger partial charge in [0.2, 0.25) is 17.7 Å². The first-order valence-corrected chi connectivity index (χ1v) is 12.0. The summed E-state index contributed by atoms with van der Waals surface area (Å²) in [5, 5.41) is 25.2. The van der Waals surface area contributed by atoms with Crippen LogP contribution in [0.2, 0.25) is 0 Å². The van der Waals surface area contributed by atoms with Crippen molar-refractivity contribution in [3.05, 3.63) is 48.1 Å². The largest absolute Gasteiger partial charge is 0.480 e. The zero-order chi connectivity index (χ0) is 25.5. The fraction of sp³-hybridized carbons (Fsp3) is 0.400. The van der Waals surface area contributed by atoms with Gasteiger partial charge in [0.05, 0.1) is 11.4 Å². The molecular formula is C25H29N7O4. The normalized spacial score (nSPS) is 17.3. The van der Waals surface area contributed by atoms with E-state index < -0.39 is 12.0 Å².